The van der Waals surface area contributed by atoms with Crippen LogP contribution >= 0.6 is 11.8 Å². The van der Waals surface area contributed by atoms with Gasteiger partial charge in [0.05, 0.1) is 11.3 Å². The third kappa shape index (κ3) is 3.90. The summed E-state index contributed by atoms with van der Waals surface area (Å²) in [4.78, 5) is 15.2. The summed E-state index contributed by atoms with van der Waals surface area (Å²) in [6, 6.07) is 11.7. The molecule has 0 aliphatic heterocycles. The van der Waals surface area contributed by atoms with Crippen LogP contribution in [0.1, 0.15) is 36.5 Å². The number of nitrogens with zero attached hydrogens (tertiary/aromatic N) is 3. The Hall–Kier alpha value is -3.03. The zero-order valence-electron chi connectivity index (χ0n) is 13.9. The van der Waals surface area contributed by atoms with Gasteiger partial charge in [-0.25, -0.2) is 4.98 Å². The number of rotatable bonds is 5. The molecular formula is C18H17N5OS. The smallest absolute Gasteiger partial charge is 0.227 e. The Bertz CT molecular complexity index is 892. The van der Waals surface area contributed by atoms with E-state index in [2.05, 4.69) is 24.9 Å². The van der Waals surface area contributed by atoms with Crippen LogP contribution in [0.4, 0.5) is 5.82 Å². The number of nitriles is 2. The van der Waals surface area contributed by atoms with E-state index in [0.717, 1.165) is 17.3 Å². The molecule has 2 aromatic rings. The Morgan fingerprint density at radius 2 is 1.80 bits per heavy atom. The molecule has 0 unspecified atom stereocenters. The molecule has 0 saturated carbocycles. The van der Waals surface area contributed by atoms with E-state index in [0.29, 0.717) is 22.1 Å². The number of carbonyl (C=O) groups is 1. The number of pyridine rings is 1. The van der Waals surface area contributed by atoms with Gasteiger partial charge < -0.3 is 11.5 Å². The lowest BCUT2D eigenvalue weighted by Gasteiger charge is -2.13. The number of primary amides is 1. The lowest BCUT2D eigenvalue weighted by atomic mass is 9.94. The zero-order valence-corrected chi connectivity index (χ0v) is 14.7. The number of anilines is 1. The molecule has 1 aromatic heterocycles. The molecule has 0 aliphatic carbocycles. The van der Waals surface area contributed by atoms with Gasteiger partial charge in [-0.15, -0.1) is 0 Å². The van der Waals surface area contributed by atoms with Crippen LogP contribution in [0.5, 0.6) is 0 Å². The summed E-state index contributed by atoms with van der Waals surface area (Å²) < 4.78 is 0. The van der Waals surface area contributed by atoms with Crippen LogP contribution < -0.4 is 11.5 Å². The van der Waals surface area contributed by atoms with E-state index < -0.39 is 5.91 Å². The molecular weight excluding hydrogens is 334 g/mol. The number of thioether (sulfide) groups is 1. The largest absolute Gasteiger partial charge is 0.383 e. The van der Waals surface area contributed by atoms with Crippen molar-refractivity contribution in [1.82, 2.24) is 4.98 Å². The van der Waals surface area contributed by atoms with Gasteiger partial charge in [0, 0.05) is 5.56 Å². The number of nitrogens with two attached hydrogens (primary N) is 2. The number of aromatic nitrogens is 1. The number of carbonyl (C=O) groups excluding carboxylic acids is 1. The van der Waals surface area contributed by atoms with E-state index in [1.165, 1.54) is 0 Å². The summed E-state index contributed by atoms with van der Waals surface area (Å²) in [5, 5.41) is 19.4. The molecule has 0 saturated heterocycles. The van der Waals surface area contributed by atoms with Gasteiger partial charge >= 0.3 is 0 Å². The van der Waals surface area contributed by atoms with Crippen molar-refractivity contribution in [3.05, 3.63) is 41.0 Å². The van der Waals surface area contributed by atoms with Crippen LogP contribution in [0.15, 0.2) is 29.3 Å². The number of nitrogen functional groups attached to an aromatic ring is 1. The lowest BCUT2D eigenvalue weighted by Crippen LogP contribution is -2.14. The van der Waals surface area contributed by atoms with Gasteiger partial charge in [-0.05, 0) is 17.0 Å². The Labute approximate surface area is 150 Å². The first kappa shape index (κ1) is 18.3. The van der Waals surface area contributed by atoms with Gasteiger partial charge in [0.15, 0.2) is 0 Å². The quantitative estimate of drug-likeness (QED) is 0.797. The fourth-order valence-electron chi connectivity index (χ4n) is 2.37. The molecule has 4 N–H and O–H groups in total. The standard InChI is InChI=1S/C18H17N5OS/c1-10(2)11-3-5-12(6-4-11)16-13(7-19)17(22)23-18(14(16)8-20)25-9-15(21)24/h3-6,10H,9H2,1-2H3,(H2,21,24)(H2,22,23). The second-order valence-corrected chi connectivity index (χ2v) is 6.65. The Balaban J connectivity index is 2.67. The molecule has 0 spiro atoms. The highest BCUT2D eigenvalue weighted by Crippen LogP contribution is 2.36. The van der Waals surface area contributed by atoms with Crippen LogP contribution in [0.3, 0.4) is 0 Å². The topological polar surface area (TPSA) is 130 Å². The van der Waals surface area contributed by atoms with Gasteiger partial charge in [-0.1, -0.05) is 49.9 Å². The molecule has 6 nitrogen and oxygen atoms in total. The van der Waals surface area contributed by atoms with Gasteiger partial charge in [-0.2, -0.15) is 10.5 Å². The molecule has 7 heteroatoms. The van der Waals surface area contributed by atoms with Crippen molar-refractivity contribution >= 4 is 23.5 Å². The first-order chi connectivity index (χ1) is 11.9. The normalized spacial score (nSPS) is 10.3. The third-order valence-corrected chi connectivity index (χ3v) is 4.63. The molecule has 0 atom stereocenters. The molecule has 126 valence electrons. The van der Waals surface area contributed by atoms with Crippen LogP contribution in [-0.4, -0.2) is 16.6 Å². The molecule has 2 rings (SSSR count). The highest BCUT2D eigenvalue weighted by Gasteiger charge is 2.20. The van der Waals surface area contributed by atoms with Crippen LogP contribution in [0.25, 0.3) is 11.1 Å². The fourth-order valence-corrected chi connectivity index (χ4v) is 3.10. The van der Waals surface area contributed by atoms with E-state index in [4.69, 9.17) is 11.5 Å². The first-order valence-electron chi connectivity index (χ1n) is 7.54. The van der Waals surface area contributed by atoms with Crippen molar-refractivity contribution in [2.24, 2.45) is 5.73 Å². The summed E-state index contributed by atoms with van der Waals surface area (Å²) in [6.45, 7) is 4.17. The monoisotopic (exact) mass is 351 g/mol. The molecule has 1 amide bonds. The maximum atomic E-state index is 11.0. The van der Waals surface area contributed by atoms with E-state index in [1.54, 1.807) is 0 Å². The number of hydrogen-bond donors (Lipinski definition) is 2. The molecule has 1 aromatic carbocycles. The SMILES string of the molecule is CC(C)c1ccc(-c2c(C#N)c(N)nc(SCC(N)=O)c2C#N)cc1. The Morgan fingerprint density at radius 3 is 2.28 bits per heavy atom. The average Bonchev–Trinajstić information content (AvgIpc) is 2.59. The minimum absolute atomic E-state index is 0.0245. The summed E-state index contributed by atoms with van der Waals surface area (Å²) in [7, 11) is 0. The van der Waals surface area contributed by atoms with Gasteiger partial charge in [0.2, 0.25) is 5.91 Å². The highest BCUT2D eigenvalue weighted by molar-refractivity contribution is 8.00. The lowest BCUT2D eigenvalue weighted by molar-refractivity contribution is -0.115. The zero-order chi connectivity index (χ0) is 18.6. The van der Waals surface area contributed by atoms with Crippen LogP contribution in [0, 0.1) is 22.7 Å². The van der Waals surface area contributed by atoms with Crippen molar-refractivity contribution < 1.29 is 4.79 Å². The molecule has 0 bridgehead atoms. The maximum Gasteiger partial charge on any atom is 0.227 e. The van der Waals surface area contributed by atoms with Gasteiger partial charge in [0.1, 0.15) is 28.5 Å². The minimum atomic E-state index is -0.526. The maximum absolute atomic E-state index is 11.0. The second kappa shape index (κ2) is 7.69. The summed E-state index contributed by atoms with van der Waals surface area (Å²) >= 11 is 1.03. The molecule has 25 heavy (non-hydrogen) atoms. The van der Waals surface area contributed by atoms with E-state index >= 15 is 0 Å². The first-order valence-corrected chi connectivity index (χ1v) is 8.52. The molecule has 0 fully saturated rings. The molecule has 0 radical (unpaired) electrons. The van der Waals surface area contributed by atoms with Crippen LogP contribution in [-0.2, 0) is 4.79 Å². The Morgan fingerprint density at radius 1 is 1.20 bits per heavy atom. The van der Waals surface area contributed by atoms with Crippen molar-refractivity contribution in [3.63, 3.8) is 0 Å². The van der Waals surface area contributed by atoms with E-state index in [1.807, 2.05) is 30.3 Å². The van der Waals surface area contributed by atoms with Gasteiger partial charge in [0.25, 0.3) is 0 Å². The number of amides is 1. The highest BCUT2D eigenvalue weighted by atomic mass is 32.2. The Kier molecular flexibility index (Phi) is 5.63. The average molecular weight is 351 g/mol. The fraction of sp³-hybridized carbons (Fsp3) is 0.222. The van der Waals surface area contributed by atoms with Gasteiger partial charge in [-0.3, -0.25) is 4.79 Å². The predicted octanol–water partition coefficient (Wildman–Crippen LogP) is 2.77. The summed E-state index contributed by atoms with van der Waals surface area (Å²) in [6.07, 6.45) is 0. The van der Waals surface area contributed by atoms with Crippen LogP contribution in [0.2, 0.25) is 0 Å². The van der Waals surface area contributed by atoms with E-state index in [-0.39, 0.29) is 22.7 Å². The summed E-state index contributed by atoms with van der Waals surface area (Å²) in [5.41, 5.74) is 13.7. The van der Waals surface area contributed by atoms with Crippen molar-refractivity contribution in [1.29, 1.82) is 10.5 Å². The predicted molar refractivity (Wildman–Crippen MR) is 97.5 cm³/mol. The van der Waals surface area contributed by atoms with Crippen molar-refractivity contribution in [3.8, 4) is 23.3 Å². The minimum Gasteiger partial charge on any atom is -0.383 e. The number of hydrogen-bond acceptors (Lipinski definition) is 6. The number of benzene rings is 1. The summed E-state index contributed by atoms with van der Waals surface area (Å²) in [5.74, 6) is -0.166. The third-order valence-electron chi connectivity index (χ3n) is 3.63. The second-order valence-electron chi connectivity index (χ2n) is 5.68. The molecule has 0 aliphatic rings. The van der Waals surface area contributed by atoms with Crippen molar-refractivity contribution in [2.75, 3.05) is 11.5 Å². The van der Waals surface area contributed by atoms with E-state index in [9.17, 15) is 15.3 Å². The molecule has 1 heterocycles. The van der Waals surface area contributed by atoms with Crippen molar-refractivity contribution in [2.45, 2.75) is 24.8 Å².